The van der Waals surface area contributed by atoms with Crippen molar-refractivity contribution in [2.24, 2.45) is 0 Å². The van der Waals surface area contributed by atoms with Crippen molar-refractivity contribution in [1.82, 2.24) is 15.3 Å². The van der Waals surface area contributed by atoms with E-state index in [2.05, 4.69) is 21.4 Å². The molecule has 4 nitrogen and oxygen atoms in total. The van der Waals surface area contributed by atoms with Crippen LogP contribution in [0.15, 0.2) is 36.8 Å². The van der Waals surface area contributed by atoms with Crippen LogP contribution in [0.3, 0.4) is 0 Å². The Morgan fingerprint density at radius 2 is 2.05 bits per heavy atom. The van der Waals surface area contributed by atoms with E-state index in [1.165, 1.54) is 0 Å². The van der Waals surface area contributed by atoms with Crippen LogP contribution in [0.5, 0.6) is 5.75 Å². The third kappa shape index (κ3) is 3.29. The lowest BCUT2D eigenvalue weighted by molar-refractivity contribution is 0.338. The van der Waals surface area contributed by atoms with Gasteiger partial charge in [0.1, 0.15) is 5.75 Å². The Labute approximate surface area is 113 Å². The molecule has 2 aromatic heterocycles. The summed E-state index contributed by atoms with van der Waals surface area (Å²) in [5.74, 6) is 0.792. The number of pyridine rings is 2. The number of aryl methyl sites for hydroxylation is 1. The summed E-state index contributed by atoms with van der Waals surface area (Å²) < 4.78 is 5.49. The maximum atomic E-state index is 5.49. The van der Waals surface area contributed by atoms with E-state index in [4.69, 9.17) is 4.74 Å². The van der Waals surface area contributed by atoms with Crippen LogP contribution in [0.2, 0.25) is 0 Å². The minimum Gasteiger partial charge on any atom is -0.492 e. The van der Waals surface area contributed by atoms with Crippen LogP contribution < -0.4 is 10.1 Å². The fourth-order valence-corrected chi connectivity index (χ4v) is 2.01. The average molecular weight is 257 g/mol. The molecule has 0 radical (unpaired) electrons. The summed E-state index contributed by atoms with van der Waals surface area (Å²) in [6.07, 6.45) is 5.47. The first-order valence-corrected chi connectivity index (χ1v) is 6.42. The highest BCUT2D eigenvalue weighted by atomic mass is 16.5. The number of ether oxygens (including phenoxy) is 1. The zero-order valence-corrected chi connectivity index (χ0v) is 11.6. The van der Waals surface area contributed by atoms with Crippen LogP contribution in [0.4, 0.5) is 0 Å². The number of rotatable bonds is 5. The summed E-state index contributed by atoms with van der Waals surface area (Å²) in [4.78, 5) is 8.57. The number of aromatic nitrogens is 2. The van der Waals surface area contributed by atoms with Gasteiger partial charge >= 0.3 is 0 Å². The van der Waals surface area contributed by atoms with Crippen molar-refractivity contribution >= 4 is 0 Å². The molecule has 0 amide bonds. The Kier molecular flexibility index (Phi) is 4.47. The van der Waals surface area contributed by atoms with Crippen molar-refractivity contribution in [3.63, 3.8) is 0 Å². The molecule has 100 valence electrons. The van der Waals surface area contributed by atoms with Gasteiger partial charge in [0.15, 0.2) is 0 Å². The Hall–Kier alpha value is -1.94. The molecule has 0 bridgehead atoms. The largest absolute Gasteiger partial charge is 0.492 e. The highest BCUT2D eigenvalue weighted by Gasteiger charge is 2.13. The van der Waals surface area contributed by atoms with E-state index in [9.17, 15) is 0 Å². The van der Waals surface area contributed by atoms with E-state index >= 15 is 0 Å². The van der Waals surface area contributed by atoms with Crippen molar-refractivity contribution < 1.29 is 4.74 Å². The van der Waals surface area contributed by atoms with Crippen LogP contribution in [0, 0.1) is 6.92 Å². The summed E-state index contributed by atoms with van der Waals surface area (Å²) in [7, 11) is 1.93. The summed E-state index contributed by atoms with van der Waals surface area (Å²) in [6, 6.07) is 6.18. The fraction of sp³-hybridized carbons (Fsp3) is 0.333. The number of hydrogen-bond acceptors (Lipinski definition) is 4. The molecule has 0 saturated carbocycles. The van der Waals surface area contributed by atoms with Gasteiger partial charge in [-0.2, -0.15) is 0 Å². The minimum absolute atomic E-state index is 0.0704. The summed E-state index contributed by atoms with van der Waals surface area (Å²) in [6.45, 7) is 4.59. The summed E-state index contributed by atoms with van der Waals surface area (Å²) in [5.41, 5.74) is 3.20. The molecule has 0 aromatic carbocycles. The van der Waals surface area contributed by atoms with Crippen molar-refractivity contribution in [2.45, 2.75) is 19.9 Å². The molecule has 0 aliphatic heterocycles. The van der Waals surface area contributed by atoms with E-state index in [-0.39, 0.29) is 6.04 Å². The monoisotopic (exact) mass is 257 g/mol. The lowest BCUT2D eigenvalue weighted by Gasteiger charge is -2.17. The zero-order chi connectivity index (χ0) is 13.7. The van der Waals surface area contributed by atoms with Crippen molar-refractivity contribution in [3.05, 3.63) is 53.6 Å². The lowest BCUT2D eigenvalue weighted by Crippen LogP contribution is -2.18. The smallest absolute Gasteiger partial charge is 0.137 e. The first-order chi connectivity index (χ1) is 9.24. The molecule has 0 saturated heterocycles. The molecule has 19 heavy (non-hydrogen) atoms. The molecule has 4 heteroatoms. The second-order valence-corrected chi connectivity index (χ2v) is 4.34. The predicted molar refractivity (Wildman–Crippen MR) is 75.3 cm³/mol. The standard InChI is InChI=1S/C15H19N3O/c1-4-19-14-7-13(8-17-10-14)15(16-3)12-6-5-11(2)18-9-12/h5-10,15-16H,4H2,1-3H3. The van der Waals surface area contributed by atoms with Gasteiger partial charge < -0.3 is 10.1 Å². The number of nitrogens with zero attached hydrogens (tertiary/aromatic N) is 2. The van der Waals surface area contributed by atoms with Gasteiger partial charge in [0, 0.05) is 18.1 Å². The highest BCUT2D eigenvalue weighted by Crippen LogP contribution is 2.23. The summed E-state index contributed by atoms with van der Waals surface area (Å²) in [5, 5.41) is 3.29. The molecule has 1 N–H and O–H groups in total. The summed E-state index contributed by atoms with van der Waals surface area (Å²) >= 11 is 0. The lowest BCUT2D eigenvalue weighted by atomic mass is 10.0. The van der Waals surface area contributed by atoms with Gasteiger partial charge in [-0.3, -0.25) is 9.97 Å². The first kappa shape index (κ1) is 13.5. The number of nitrogens with one attached hydrogen (secondary N) is 1. The molecule has 1 unspecified atom stereocenters. The molecular weight excluding hydrogens is 238 g/mol. The molecule has 0 spiro atoms. The predicted octanol–water partition coefficient (Wildman–Crippen LogP) is 2.49. The molecule has 2 heterocycles. The maximum absolute atomic E-state index is 5.49. The number of hydrogen-bond donors (Lipinski definition) is 1. The van der Waals surface area contributed by atoms with Crippen molar-refractivity contribution in [3.8, 4) is 5.75 Å². The van der Waals surface area contributed by atoms with Gasteiger partial charge in [0.05, 0.1) is 18.8 Å². The second-order valence-electron chi connectivity index (χ2n) is 4.34. The molecule has 1 atom stereocenters. The Morgan fingerprint density at radius 1 is 1.21 bits per heavy atom. The highest BCUT2D eigenvalue weighted by molar-refractivity contribution is 5.33. The fourth-order valence-electron chi connectivity index (χ4n) is 2.01. The van der Waals surface area contributed by atoms with Crippen molar-refractivity contribution in [1.29, 1.82) is 0 Å². The first-order valence-electron chi connectivity index (χ1n) is 6.42. The minimum atomic E-state index is 0.0704. The quantitative estimate of drug-likeness (QED) is 0.894. The van der Waals surface area contributed by atoms with E-state index < -0.39 is 0 Å². The van der Waals surface area contributed by atoms with Gasteiger partial charge in [-0.25, -0.2) is 0 Å². The molecule has 0 fully saturated rings. The van der Waals surface area contributed by atoms with Gasteiger partial charge in [0.2, 0.25) is 0 Å². The molecule has 0 aliphatic rings. The Balaban J connectivity index is 2.30. The second kappa shape index (κ2) is 6.29. The van der Waals surface area contributed by atoms with Crippen LogP contribution >= 0.6 is 0 Å². The van der Waals surface area contributed by atoms with Gasteiger partial charge in [-0.05, 0) is 44.2 Å². The van der Waals surface area contributed by atoms with Crippen molar-refractivity contribution in [2.75, 3.05) is 13.7 Å². The van der Waals surface area contributed by atoms with Crippen LogP contribution in [-0.4, -0.2) is 23.6 Å². The normalized spacial score (nSPS) is 12.2. The van der Waals surface area contributed by atoms with E-state index in [0.29, 0.717) is 6.61 Å². The topological polar surface area (TPSA) is 47.0 Å². The maximum Gasteiger partial charge on any atom is 0.137 e. The Bertz CT molecular complexity index is 525. The van der Waals surface area contributed by atoms with Gasteiger partial charge in [-0.1, -0.05) is 6.07 Å². The molecule has 0 aliphatic carbocycles. The molecule has 2 aromatic rings. The third-order valence-electron chi connectivity index (χ3n) is 2.93. The van der Waals surface area contributed by atoms with Gasteiger partial charge in [-0.15, -0.1) is 0 Å². The van der Waals surface area contributed by atoms with E-state index in [1.54, 1.807) is 6.20 Å². The van der Waals surface area contributed by atoms with Crippen LogP contribution in [0.1, 0.15) is 29.8 Å². The Morgan fingerprint density at radius 3 is 2.68 bits per heavy atom. The van der Waals surface area contributed by atoms with E-state index in [1.807, 2.05) is 45.4 Å². The van der Waals surface area contributed by atoms with Crippen LogP contribution in [0.25, 0.3) is 0 Å². The SMILES string of the molecule is CCOc1cncc(C(NC)c2ccc(C)nc2)c1. The third-order valence-corrected chi connectivity index (χ3v) is 2.93. The van der Waals surface area contributed by atoms with E-state index in [0.717, 1.165) is 22.6 Å². The zero-order valence-electron chi connectivity index (χ0n) is 11.6. The molecular formula is C15H19N3O. The van der Waals surface area contributed by atoms with Gasteiger partial charge in [0.25, 0.3) is 0 Å². The molecule has 2 rings (SSSR count). The van der Waals surface area contributed by atoms with Crippen LogP contribution in [-0.2, 0) is 0 Å². The average Bonchev–Trinajstić information content (AvgIpc) is 2.43.